The van der Waals surface area contributed by atoms with Crippen molar-refractivity contribution in [3.63, 3.8) is 0 Å². The van der Waals surface area contributed by atoms with Crippen molar-refractivity contribution in [1.82, 2.24) is 15.5 Å². The Hall–Kier alpha value is -0.0700. The molecule has 0 aromatic heterocycles. The lowest BCUT2D eigenvalue weighted by Gasteiger charge is -2.23. The molecule has 1 atom stereocenters. The van der Waals surface area contributed by atoms with Gasteiger partial charge in [0.25, 0.3) is 0 Å². The van der Waals surface area contributed by atoms with Crippen molar-refractivity contribution in [1.29, 1.82) is 0 Å². The summed E-state index contributed by atoms with van der Waals surface area (Å²) >= 11 is 0. The highest BCUT2D eigenvalue weighted by molar-refractivity contribution is 5.85. The number of ether oxygens (including phenoxy) is 1. The van der Waals surface area contributed by atoms with Crippen LogP contribution >= 0.6 is 24.8 Å². The molecule has 116 valence electrons. The molecule has 1 aliphatic heterocycles. The summed E-state index contributed by atoms with van der Waals surface area (Å²) in [7, 11) is 0. The minimum absolute atomic E-state index is 0. The first-order valence-corrected chi connectivity index (χ1v) is 6.57. The summed E-state index contributed by atoms with van der Waals surface area (Å²) < 4.78 is 5.48. The van der Waals surface area contributed by atoms with Gasteiger partial charge in [-0.05, 0) is 13.1 Å². The minimum Gasteiger partial charge on any atom is -0.375 e. The lowest BCUT2D eigenvalue weighted by Crippen LogP contribution is -2.42. The zero-order valence-corrected chi connectivity index (χ0v) is 13.4. The summed E-state index contributed by atoms with van der Waals surface area (Å²) in [4.78, 5) is 13.9. The molecule has 0 aliphatic carbocycles. The van der Waals surface area contributed by atoms with Gasteiger partial charge < -0.3 is 20.3 Å². The molecule has 0 spiro atoms. The maximum Gasteiger partial charge on any atom is 0.222 e. The lowest BCUT2D eigenvalue weighted by atomic mass is 10.2. The summed E-state index contributed by atoms with van der Waals surface area (Å²) in [5, 5.41) is 6.16. The van der Waals surface area contributed by atoms with E-state index in [0.717, 1.165) is 39.3 Å². The summed E-state index contributed by atoms with van der Waals surface area (Å²) in [6.45, 7) is 10.3. The molecular formula is C12H27Cl2N3O2. The fraction of sp³-hybridized carbons (Fsp3) is 0.917. The standard InChI is InChI=1S/C12H25N3O2.2ClH/c1-3-15(4-2)7-5-14-12(16)9-11-10-13-6-8-17-11;;/h11,13H,3-10H2,1-2H3,(H,14,16);2*1H. The Bertz CT molecular complexity index is 223. The van der Waals surface area contributed by atoms with Gasteiger partial charge in [0.05, 0.1) is 19.1 Å². The van der Waals surface area contributed by atoms with E-state index in [-0.39, 0.29) is 36.8 Å². The number of amides is 1. The Labute approximate surface area is 128 Å². The number of nitrogens with one attached hydrogen (secondary N) is 2. The summed E-state index contributed by atoms with van der Waals surface area (Å²) in [6, 6.07) is 0. The maximum atomic E-state index is 11.6. The Kier molecular flexibility index (Phi) is 14.5. The Morgan fingerprint density at radius 2 is 2.05 bits per heavy atom. The molecule has 1 heterocycles. The fourth-order valence-corrected chi connectivity index (χ4v) is 1.92. The van der Waals surface area contributed by atoms with Crippen LogP contribution < -0.4 is 10.6 Å². The van der Waals surface area contributed by atoms with Gasteiger partial charge in [-0.2, -0.15) is 0 Å². The predicted octanol–water partition coefficient (Wildman–Crippen LogP) is 0.666. The highest BCUT2D eigenvalue weighted by atomic mass is 35.5. The molecule has 2 N–H and O–H groups in total. The van der Waals surface area contributed by atoms with E-state index in [1.54, 1.807) is 0 Å². The maximum absolute atomic E-state index is 11.6. The van der Waals surface area contributed by atoms with Gasteiger partial charge in [-0.3, -0.25) is 4.79 Å². The van der Waals surface area contributed by atoms with E-state index in [2.05, 4.69) is 29.4 Å². The first-order chi connectivity index (χ1) is 8.26. The highest BCUT2D eigenvalue weighted by Gasteiger charge is 2.16. The van der Waals surface area contributed by atoms with Crippen LogP contribution in [0.2, 0.25) is 0 Å². The molecule has 1 unspecified atom stereocenters. The van der Waals surface area contributed by atoms with Gasteiger partial charge in [0, 0.05) is 26.2 Å². The molecule has 0 radical (unpaired) electrons. The first kappa shape index (κ1) is 21.2. The van der Waals surface area contributed by atoms with Crippen LogP contribution in [-0.4, -0.2) is 62.8 Å². The molecule has 0 saturated carbocycles. The van der Waals surface area contributed by atoms with Crippen LogP contribution in [0.5, 0.6) is 0 Å². The topological polar surface area (TPSA) is 53.6 Å². The van der Waals surface area contributed by atoms with Gasteiger partial charge in [0.1, 0.15) is 0 Å². The van der Waals surface area contributed by atoms with Crippen LogP contribution in [0.15, 0.2) is 0 Å². The molecular weight excluding hydrogens is 289 g/mol. The van der Waals surface area contributed by atoms with E-state index in [1.807, 2.05) is 0 Å². The molecule has 0 bridgehead atoms. The third-order valence-corrected chi connectivity index (χ3v) is 3.06. The Morgan fingerprint density at radius 3 is 2.58 bits per heavy atom. The molecule has 19 heavy (non-hydrogen) atoms. The molecule has 0 aromatic carbocycles. The van der Waals surface area contributed by atoms with E-state index in [9.17, 15) is 4.79 Å². The summed E-state index contributed by atoms with van der Waals surface area (Å²) in [6.07, 6.45) is 0.503. The first-order valence-electron chi connectivity index (χ1n) is 6.57. The third-order valence-electron chi connectivity index (χ3n) is 3.06. The van der Waals surface area contributed by atoms with Crippen LogP contribution in [-0.2, 0) is 9.53 Å². The van der Waals surface area contributed by atoms with E-state index < -0.39 is 0 Å². The van der Waals surface area contributed by atoms with Gasteiger partial charge >= 0.3 is 0 Å². The van der Waals surface area contributed by atoms with Gasteiger partial charge in [-0.25, -0.2) is 0 Å². The largest absolute Gasteiger partial charge is 0.375 e. The number of likely N-dealkylation sites (N-methyl/N-ethyl adjacent to an activating group) is 1. The van der Waals surface area contributed by atoms with Crippen molar-refractivity contribution in [3.8, 4) is 0 Å². The molecule has 1 fully saturated rings. The van der Waals surface area contributed by atoms with Crippen molar-refractivity contribution < 1.29 is 9.53 Å². The molecule has 5 nitrogen and oxygen atoms in total. The van der Waals surface area contributed by atoms with Gasteiger partial charge in [-0.1, -0.05) is 13.8 Å². The van der Waals surface area contributed by atoms with Crippen LogP contribution in [0.3, 0.4) is 0 Å². The normalized spacial score (nSPS) is 18.4. The van der Waals surface area contributed by atoms with Crippen molar-refractivity contribution in [2.75, 3.05) is 45.9 Å². The van der Waals surface area contributed by atoms with Crippen molar-refractivity contribution >= 4 is 30.7 Å². The number of morpholine rings is 1. The van der Waals surface area contributed by atoms with Gasteiger partial charge in [-0.15, -0.1) is 24.8 Å². The fourth-order valence-electron chi connectivity index (χ4n) is 1.92. The van der Waals surface area contributed by atoms with Crippen molar-refractivity contribution in [3.05, 3.63) is 0 Å². The Balaban J connectivity index is 0. The molecule has 1 saturated heterocycles. The second-order valence-corrected chi connectivity index (χ2v) is 4.28. The monoisotopic (exact) mass is 315 g/mol. The second kappa shape index (κ2) is 12.9. The van der Waals surface area contributed by atoms with Crippen LogP contribution in [0.25, 0.3) is 0 Å². The number of hydrogen-bond donors (Lipinski definition) is 2. The zero-order valence-electron chi connectivity index (χ0n) is 11.8. The quantitative estimate of drug-likeness (QED) is 0.725. The predicted molar refractivity (Wildman–Crippen MR) is 82.5 cm³/mol. The lowest BCUT2D eigenvalue weighted by molar-refractivity contribution is -0.124. The molecule has 0 aromatic rings. The average molecular weight is 316 g/mol. The van der Waals surface area contributed by atoms with Gasteiger partial charge in [0.15, 0.2) is 0 Å². The second-order valence-electron chi connectivity index (χ2n) is 4.28. The minimum atomic E-state index is 0. The molecule has 1 amide bonds. The van der Waals surface area contributed by atoms with E-state index >= 15 is 0 Å². The molecule has 1 rings (SSSR count). The van der Waals surface area contributed by atoms with Gasteiger partial charge in [0.2, 0.25) is 5.91 Å². The van der Waals surface area contributed by atoms with E-state index in [0.29, 0.717) is 13.0 Å². The van der Waals surface area contributed by atoms with E-state index in [4.69, 9.17) is 4.74 Å². The zero-order chi connectivity index (χ0) is 12.5. The smallest absolute Gasteiger partial charge is 0.222 e. The molecule has 1 aliphatic rings. The number of halogens is 2. The van der Waals surface area contributed by atoms with Crippen molar-refractivity contribution in [2.45, 2.75) is 26.4 Å². The molecule has 7 heteroatoms. The van der Waals surface area contributed by atoms with Crippen LogP contribution in [0.1, 0.15) is 20.3 Å². The number of carbonyl (C=O) groups excluding carboxylic acids is 1. The number of nitrogens with zero attached hydrogens (tertiary/aromatic N) is 1. The number of hydrogen-bond acceptors (Lipinski definition) is 4. The van der Waals surface area contributed by atoms with Crippen LogP contribution in [0, 0.1) is 0 Å². The van der Waals surface area contributed by atoms with Crippen molar-refractivity contribution in [2.24, 2.45) is 0 Å². The summed E-state index contributed by atoms with van der Waals surface area (Å²) in [5.74, 6) is 0.0888. The van der Waals surface area contributed by atoms with E-state index in [1.165, 1.54) is 0 Å². The average Bonchev–Trinajstić information content (AvgIpc) is 2.36. The SMILES string of the molecule is CCN(CC)CCNC(=O)CC1CNCCO1.Cl.Cl. The third kappa shape index (κ3) is 9.46. The number of rotatable bonds is 7. The highest BCUT2D eigenvalue weighted by Crippen LogP contribution is 2.00. The summed E-state index contributed by atoms with van der Waals surface area (Å²) in [5.41, 5.74) is 0. The van der Waals surface area contributed by atoms with Crippen LogP contribution in [0.4, 0.5) is 0 Å². The number of carbonyl (C=O) groups is 1. The Morgan fingerprint density at radius 1 is 1.37 bits per heavy atom.